The summed E-state index contributed by atoms with van der Waals surface area (Å²) in [6, 6.07) is 0. The Morgan fingerprint density at radius 2 is 2.12 bits per heavy atom. The number of alkyl halides is 2. The summed E-state index contributed by atoms with van der Waals surface area (Å²) < 4.78 is 25.3. The number of halogens is 2. The first kappa shape index (κ1) is 12.7. The van der Waals surface area contributed by atoms with Crippen LogP contribution in [0.1, 0.15) is 25.7 Å². The van der Waals surface area contributed by atoms with Crippen molar-refractivity contribution < 1.29 is 13.6 Å². The fourth-order valence-electron chi connectivity index (χ4n) is 2.74. The largest absolute Gasteiger partial charge is 0.342 e. The van der Waals surface area contributed by atoms with Gasteiger partial charge in [0.1, 0.15) is 0 Å². The molecular weight excluding hydrogens is 226 g/mol. The lowest BCUT2D eigenvalue weighted by Gasteiger charge is -2.35. The SMILES string of the molecule is O=C(C1CCCNC1)N1CCCC(C(F)F)C1. The Kier molecular flexibility index (Phi) is 4.31. The summed E-state index contributed by atoms with van der Waals surface area (Å²) in [5.41, 5.74) is 0. The van der Waals surface area contributed by atoms with Crippen LogP contribution >= 0.6 is 0 Å². The van der Waals surface area contributed by atoms with Crippen LogP contribution in [-0.4, -0.2) is 43.4 Å². The molecule has 0 radical (unpaired) electrons. The van der Waals surface area contributed by atoms with Gasteiger partial charge in [-0.05, 0) is 32.2 Å². The van der Waals surface area contributed by atoms with Gasteiger partial charge in [-0.25, -0.2) is 8.78 Å². The number of nitrogens with one attached hydrogen (secondary N) is 1. The van der Waals surface area contributed by atoms with Crippen LogP contribution in [0.5, 0.6) is 0 Å². The lowest BCUT2D eigenvalue weighted by atomic mass is 9.94. The van der Waals surface area contributed by atoms with Gasteiger partial charge in [0.05, 0.1) is 5.92 Å². The molecule has 5 heteroatoms. The van der Waals surface area contributed by atoms with Crippen molar-refractivity contribution in [2.45, 2.75) is 32.1 Å². The summed E-state index contributed by atoms with van der Waals surface area (Å²) >= 11 is 0. The standard InChI is InChI=1S/C12H20F2N2O/c13-11(14)10-4-2-6-16(8-10)12(17)9-3-1-5-15-7-9/h9-11,15H,1-8H2. The normalized spacial score (nSPS) is 30.6. The Labute approximate surface area is 101 Å². The van der Waals surface area contributed by atoms with Crippen LogP contribution in [0.3, 0.4) is 0 Å². The first-order valence-corrected chi connectivity index (χ1v) is 6.46. The Bertz CT molecular complexity index is 267. The van der Waals surface area contributed by atoms with Crippen LogP contribution in [0.4, 0.5) is 8.78 Å². The van der Waals surface area contributed by atoms with Crippen molar-refractivity contribution in [2.75, 3.05) is 26.2 Å². The van der Waals surface area contributed by atoms with Gasteiger partial charge in [-0.3, -0.25) is 4.79 Å². The molecule has 0 spiro atoms. The third kappa shape index (κ3) is 3.15. The van der Waals surface area contributed by atoms with Crippen molar-refractivity contribution >= 4 is 5.91 Å². The number of piperidine rings is 2. The molecule has 0 aliphatic carbocycles. The maximum absolute atomic E-state index is 12.6. The van der Waals surface area contributed by atoms with Crippen molar-refractivity contribution in [1.29, 1.82) is 0 Å². The van der Waals surface area contributed by atoms with Crippen molar-refractivity contribution in [2.24, 2.45) is 11.8 Å². The molecule has 0 bridgehead atoms. The topological polar surface area (TPSA) is 32.3 Å². The monoisotopic (exact) mass is 246 g/mol. The summed E-state index contributed by atoms with van der Waals surface area (Å²) in [7, 11) is 0. The number of hydrogen-bond donors (Lipinski definition) is 1. The Morgan fingerprint density at radius 1 is 1.29 bits per heavy atom. The van der Waals surface area contributed by atoms with Crippen molar-refractivity contribution in [3.05, 3.63) is 0 Å². The van der Waals surface area contributed by atoms with Gasteiger partial charge in [0.2, 0.25) is 12.3 Å². The van der Waals surface area contributed by atoms with Gasteiger partial charge in [0, 0.05) is 25.6 Å². The highest BCUT2D eigenvalue weighted by atomic mass is 19.3. The van der Waals surface area contributed by atoms with E-state index in [1.54, 1.807) is 4.90 Å². The number of likely N-dealkylation sites (tertiary alicyclic amines) is 1. The van der Waals surface area contributed by atoms with E-state index in [1.807, 2.05) is 0 Å². The van der Waals surface area contributed by atoms with E-state index in [1.165, 1.54) is 0 Å². The van der Waals surface area contributed by atoms with Gasteiger partial charge >= 0.3 is 0 Å². The average molecular weight is 246 g/mol. The molecule has 2 aliphatic heterocycles. The van der Waals surface area contributed by atoms with E-state index in [2.05, 4.69) is 5.32 Å². The molecule has 2 rings (SSSR count). The van der Waals surface area contributed by atoms with E-state index in [4.69, 9.17) is 0 Å². The molecule has 2 saturated heterocycles. The Morgan fingerprint density at radius 3 is 2.76 bits per heavy atom. The minimum atomic E-state index is -2.30. The smallest absolute Gasteiger partial charge is 0.243 e. The van der Waals surface area contributed by atoms with Gasteiger partial charge in [0.15, 0.2) is 0 Å². The van der Waals surface area contributed by atoms with E-state index in [0.29, 0.717) is 25.9 Å². The van der Waals surface area contributed by atoms with Gasteiger partial charge < -0.3 is 10.2 Å². The molecule has 0 aromatic carbocycles. The minimum Gasteiger partial charge on any atom is -0.342 e. The molecule has 3 nitrogen and oxygen atoms in total. The van der Waals surface area contributed by atoms with Gasteiger partial charge in [0.25, 0.3) is 0 Å². The first-order chi connectivity index (χ1) is 8.18. The van der Waals surface area contributed by atoms with E-state index in [-0.39, 0.29) is 18.4 Å². The quantitative estimate of drug-likeness (QED) is 0.800. The lowest BCUT2D eigenvalue weighted by molar-refractivity contribution is -0.139. The third-order valence-corrected chi connectivity index (χ3v) is 3.77. The Hall–Kier alpha value is -0.710. The second-order valence-corrected chi connectivity index (χ2v) is 5.06. The van der Waals surface area contributed by atoms with E-state index in [0.717, 1.165) is 19.4 Å². The second-order valence-electron chi connectivity index (χ2n) is 5.06. The van der Waals surface area contributed by atoms with Crippen molar-refractivity contribution in [3.8, 4) is 0 Å². The molecule has 98 valence electrons. The highest BCUT2D eigenvalue weighted by Crippen LogP contribution is 2.24. The molecular formula is C12H20F2N2O. The maximum atomic E-state index is 12.6. The molecule has 2 aliphatic rings. The van der Waals surface area contributed by atoms with Gasteiger partial charge in [-0.1, -0.05) is 0 Å². The number of amides is 1. The van der Waals surface area contributed by atoms with Crippen LogP contribution in [-0.2, 0) is 4.79 Å². The number of rotatable bonds is 2. The van der Waals surface area contributed by atoms with Crippen molar-refractivity contribution in [3.63, 3.8) is 0 Å². The number of carbonyl (C=O) groups excluding carboxylic acids is 1. The zero-order valence-corrected chi connectivity index (χ0v) is 10.0. The van der Waals surface area contributed by atoms with Gasteiger partial charge in [-0.15, -0.1) is 0 Å². The average Bonchev–Trinajstić information content (AvgIpc) is 2.39. The first-order valence-electron chi connectivity index (χ1n) is 6.46. The zero-order chi connectivity index (χ0) is 12.3. The predicted octanol–water partition coefficient (Wildman–Crippen LogP) is 1.49. The summed E-state index contributed by atoms with van der Waals surface area (Å²) in [4.78, 5) is 13.8. The van der Waals surface area contributed by atoms with E-state index in [9.17, 15) is 13.6 Å². The molecule has 0 aromatic rings. The molecule has 2 fully saturated rings. The molecule has 2 unspecified atom stereocenters. The highest BCUT2D eigenvalue weighted by molar-refractivity contribution is 5.79. The Balaban J connectivity index is 1.89. The third-order valence-electron chi connectivity index (χ3n) is 3.77. The van der Waals surface area contributed by atoms with Crippen LogP contribution < -0.4 is 5.32 Å². The molecule has 0 saturated carbocycles. The molecule has 17 heavy (non-hydrogen) atoms. The zero-order valence-electron chi connectivity index (χ0n) is 10.0. The van der Waals surface area contributed by atoms with Crippen LogP contribution in [0, 0.1) is 11.8 Å². The highest BCUT2D eigenvalue weighted by Gasteiger charge is 2.32. The van der Waals surface area contributed by atoms with Crippen LogP contribution in [0.15, 0.2) is 0 Å². The van der Waals surface area contributed by atoms with E-state index < -0.39 is 12.3 Å². The fraction of sp³-hybridized carbons (Fsp3) is 0.917. The molecule has 2 atom stereocenters. The number of carbonyl (C=O) groups is 1. The number of nitrogens with zero attached hydrogens (tertiary/aromatic N) is 1. The van der Waals surface area contributed by atoms with Crippen LogP contribution in [0.25, 0.3) is 0 Å². The predicted molar refractivity (Wildman–Crippen MR) is 60.9 cm³/mol. The van der Waals surface area contributed by atoms with E-state index >= 15 is 0 Å². The fourth-order valence-corrected chi connectivity index (χ4v) is 2.74. The molecule has 2 heterocycles. The summed E-state index contributed by atoms with van der Waals surface area (Å²) in [5, 5.41) is 3.19. The molecule has 1 N–H and O–H groups in total. The summed E-state index contributed by atoms with van der Waals surface area (Å²) in [5.74, 6) is -0.549. The maximum Gasteiger partial charge on any atom is 0.243 e. The molecule has 0 aromatic heterocycles. The second kappa shape index (κ2) is 5.76. The number of hydrogen-bond acceptors (Lipinski definition) is 2. The lowest BCUT2D eigenvalue weighted by Crippen LogP contribution is -2.47. The van der Waals surface area contributed by atoms with Gasteiger partial charge in [-0.2, -0.15) is 0 Å². The minimum absolute atomic E-state index is 0.000160. The van der Waals surface area contributed by atoms with Crippen LogP contribution in [0.2, 0.25) is 0 Å². The van der Waals surface area contributed by atoms with Crippen molar-refractivity contribution in [1.82, 2.24) is 10.2 Å². The molecule has 1 amide bonds. The summed E-state index contributed by atoms with van der Waals surface area (Å²) in [6.07, 6.45) is 0.852. The summed E-state index contributed by atoms with van der Waals surface area (Å²) in [6.45, 7) is 2.56.